The number of halogens is 2. The molecule has 0 aliphatic rings. The molecule has 0 unspecified atom stereocenters. The van der Waals surface area contributed by atoms with Crippen LogP contribution in [0.15, 0.2) is 22.7 Å². The van der Waals surface area contributed by atoms with Crippen LogP contribution in [0.3, 0.4) is 0 Å². The lowest BCUT2D eigenvalue weighted by atomic mass is 10.0. The van der Waals surface area contributed by atoms with Crippen molar-refractivity contribution >= 4 is 23.2 Å². The number of rotatable bonds is 19. The van der Waals surface area contributed by atoms with Gasteiger partial charge in [0.15, 0.2) is 6.29 Å². The Bertz CT molecular complexity index is 614. The molecule has 0 atom stereocenters. The van der Waals surface area contributed by atoms with Crippen LogP contribution in [0.5, 0.6) is 11.5 Å². The molecular weight excluding hydrogens is 451 g/mol. The summed E-state index contributed by atoms with van der Waals surface area (Å²) in [4.78, 5) is 0. The third-order valence-electron chi connectivity index (χ3n) is 4.66. The molecule has 0 bridgehead atoms. The Hall–Kier alpha value is -0.980. The Labute approximate surface area is 204 Å². The van der Waals surface area contributed by atoms with E-state index in [0.29, 0.717) is 39.6 Å². The number of unbranched alkanes of at least 4 members (excludes halogenated alkanes) is 1. The smallest absolute Gasteiger partial charge is 0.180 e. The van der Waals surface area contributed by atoms with E-state index in [1.807, 2.05) is 12.1 Å². The third-order valence-corrected chi connectivity index (χ3v) is 4.97. The fourth-order valence-corrected chi connectivity index (χ4v) is 3.15. The first-order chi connectivity index (χ1) is 15.5. The van der Waals surface area contributed by atoms with E-state index in [-0.39, 0.29) is 10.8 Å². The summed E-state index contributed by atoms with van der Waals surface area (Å²) < 4.78 is 29.2. The average Bonchev–Trinajstić information content (AvgIpc) is 2.79. The van der Waals surface area contributed by atoms with Crippen molar-refractivity contribution in [3.05, 3.63) is 33.8 Å². The van der Waals surface area contributed by atoms with Crippen LogP contribution in [-0.4, -0.2) is 45.9 Å². The van der Waals surface area contributed by atoms with E-state index in [4.69, 9.17) is 46.9 Å². The van der Waals surface area contributed by atoms with Crippen molar-refractivity contribution in [3.63, 3.8) is 0 Å². The molecule has 0 fully saturated rings. The molecule has 1 aromatic carbocycles. The zero-order valence-electron chi connectivity index (χ0n) is 20.1. The zero-order valence-corrected chi connectivity index (χ0v) is 21.6. The van der Waals surface area contributed by atoms with Gasteiger partial charge in [-0.25, -0.2) is 0 Å². The second kappa shape index (κ2) is 18.4. The topological polar surface area (TPSA) is 46.2 Å². The number of hydrogen-bond donors (Lipinski definition) is 0. The maximum atomic E-state index is 6.17. The molecule has 7 heteroatoms. The standard InChI is InChI=1S/C25H40Cl2O5/c1-5-12-30-24(31-13-6-2)19-28-14-9-10-15-32-25-20(7-3)17-22(18-21(25)8-4)29-16-11-23(26)27/h11,17-18,24H,5-10,12-16,19H2,1-4H3. The van der Waals surface area contributed by atoms with Gasteiger partial charge in [-0.1, -0.05) is 50.9 Å². The van der Waals surface area contributed by atoms with Crippen molar-refractivity contribution in [3.8, 4) is 11.5 Å². The normalized spacial score (nSPS) is 11.1. The summed E-state index contributed by atoms with van der Waals surface area (Å²) in [5, 5.41) is 0. The van der Waals surface area contributed by atoms with Gasteiger partial charge in [0.25, 0.3) is 0 Å². The van der Waals surface area contributed by atoms with E-state index < -0.39 is 0 Å². The van der Waals surface area contributed by atoms with Crippen LogP contribution < -0.4 is 9.47 Å². The summed E-state index contributed by atoms with van der Waals surface area (Å²) in [6.07, 6.45) is 6.85. The Morgan fingerprint density at radius 2 is 1.44 bits per heavy atom. The van der Waals surface area contributed by atoms with Crippen LogP contribution in [0.4, 0.5) is 0 Å². The van der Waals surface area contributed by atoms with Crippen molar-refractivity contribution in [2.75, 3.05) is 39.6 Å². The minimum absolute atomic E-state index is 0.206. The molecule has 1 rings (SSSR count). The molecule has 0 aromatic heterocycles. The number of hydrogen-bond acceptors (Lipinski definition) is 5. The predicted octanol–water partition coefficient (Wildman–Crippen LogP) is 6.86. The third kappa shape index (κ3) is 12.3. The minimum Gasteiger partial charge on any atom is -0.493 e. The highest BCUT2D eigenvalue weighted by Gasteiger charge is 2.12. The molecule has 0 spiro atoms. The molecule has 0 radical (unpaired) electrons. The molecule has 32 heavy (non-hydrogen) atoms. The Balaban J connectivity index is 2.44. The van der Waals surface area contributed by atoms with Crippen LogP contribution in [0, 0.1) is 0 Å². The van der Waals surface area contributed by atoms with Crippen LogP contribution >= 0.6 is 23.2 Å². The highest BCUT2D eigenvalue weighted by molar-refractivity contribution is 6.55. The predicted molar refractivity (Wildman–Crippen MR) is 132 cm³/mol. The summed E-state index contributed by atoms with van der Waals surface area (Å²) in [5.74, 6) is 1.77. The van der Waals surface area contributed by atoms with E-state index in [2.05, 4.69) is 27.7 Å². The van der Waals surface area contributed by atoms with Crippen molar-refractivity contribution < 1.29 is 23.7 Å². The largest absolute Gasteiger partial charge is 0.493 e. The van der Waals surface area contributed by atoms with Gasteiger partial charge in [0.05, 0.1) is 13.2 Å². The second-order valence-electron chi connectivity index (χ2n) is 7.38. The molecule has 0 aliphatic carbocycles. The van der Waals surface area contributed by atoms with Crippen LogP contribution in [0.25, 0.3) is 0 Å². The molecule has 5 nitrogen and oxygen atoms in total. The van der Waals surface area contributed by atoms with Crippen molar-refractivity contribution in [2.24, 2.45) is 0 Å². The molecule has 1 aromatic rings. The van der Waals surface area contributed by atoms with E-state index in [1.54, 1.807) is 6.08 Å². The summed E-state index contributed by atoms with van der Waals surface area (Å²) in [6.45, 7) is 11.9. The number of benzene rings is 1. The highest BCUT2D eigenvalue weighted by atomic mass is 35.5. The lowest BCUT2D eigenvalue weighted by Crippen LogP contribution is -2.24. The first-order valence-corrected chi connectivity index (χ1v) is 12.5. The first kappa shape index (κ1) is 29.1. The van der Waals surface area contributed by atoms with E-state index in [0.717, 1.165) is 61.2 Å². The van der Waals surface area contributed by atoms with Gasteiger partial charge in [0.2, 0.25) is 0 Å². The lowest BCUT2D eigenvalue weighted by molar-refractivity contribution is -0.172. The quantitative estimate of drug-likeness (QED) is 0.156. The summed E-state index contributed by atoms with van der Waals surface area (Å²) in [7, 11) is 0. The second-order valence-corrected chi connectivity index (χ2v) is 8.39. The van der Waals surface area contributed by atoms with Gasteiger partial charge in [-0.3, -0.25) is 0 Å². The van der Waals surface area contributed by atoms with Gasteiger partial charge in [-0.2, -0.15) is 0 Å². The van der Waals surface area contributed by atoms with Gasteiger partial charge in [-0.15, -0.1) is 0 Å². The first-order valence-electron chi connectivity index (χ1n) is 11.8. The van der Waals surface area contributed by atoms with Gasteiger partial charge < -0.3 is 23.7 Å². The van der Waals surface area contributed by atoms with Crippen molar-refractivity contribution in [1.29, 1.82) is 0 Å². The summed E-state index contributed by atoms with van der Waals surface area (Å²) in [6, 6.07) is 4.06. The zero-order chi connectivity index (χ0) is 23.6. The molecule has 184 valence electrons. The maximum absolute atomic E-state index is 6.17. The Morgan fingerprint density at radius 1 is 0.844 bits per heavy atom. The highest BCUT2D eigenvalue weighted by Crippen LogP contribution is 2.31. The lowest BCUT2D eigenvalue weighted by Gasteiger charge is -2.18. The monoisotopic (exact) mass is 490 g/mol. The van der Waals surface area contributed by atoms with Gasteiger partial charge in [0, 0.05) is 19.8 Å². The number of ether oxygens (including phenoxy) is 5. The Morgan fingerprint density at radius 3 is 1.97 bits per heavy atom. The molecule has 0 amide bonds. The van der Waals surface area contributed by atoms with E-state index in [9.17, 15) is 0 Å². The average molecular weight is 491 g/mol. The summed E-state index contributed by atoms with van der Waals surface area (Å²) >= 11 is 11.3. The molecule has 0 saturated carbocycles. The number of aryl methyl sites for hydroxylation is 2. The molecular formula is C25H40Cl2O5. The van der Waals surface area contributed by atoms with Crippen molar-refractivity contribution in [2.45, 2.75) is 72.5 Å². The van der Waals surface area contributed by atoms with Gasteiger partial charge >= 0.3 is 0 Å². The van der Waals surface area contributed by atoms with Gasteiger partial charge in [0.1, 0.15) is 22.6 Å². The molecule has 0 heterocycles. The fraction of sp³-hybridized carbons (Fsp3) is 0.680. The maximum Gasteiger partial charge on any atom is 0.180 e. The van der Waals surface area contributed by atoms with Crippen LogP contribution in [0.1, 0.15) is 64.5 Å². The fourth-order valence-electron chi connectivity index (χ4n) is 3.02. The molecule has 0 N–H and O–H groups in total. The summed E-state index contributed by atoms with van der Waals surface area (Å²) in [5.41, 5.74) is 2.28. The van der Waals surface area contributed by atoms with Crippen molar-refractivity contribution in [1.82, 2.24) is 0 Å². The molecule has 0 saturated heterocycles. The molecule has 0 aliphatic heterocycles. The SMILES string of the molecule is CCCOC(COCCCCOc1c(CC)cc(OCC=C(Cl)Cl)cc1CC)OCCC. The van der Waals surface area contributed by atoms with Gasteiger partial charge in [-0.05, 0) is 67.9 Å². The Kier molecular flexibility index (Phi) is 16.7. The van der Waals surface area contributed by atoms with Crippen LogP contribution in [0.2, 0.25) is 0 Å². The minimum atomic E-state index is -0.276. The van der Waals surface area contributed by atoms with Crippen LogP contribution in [-0.2, 0) is 27.1 Å². The van der Waals surface area contributed by atoms with E-state index >= 15 is 0 Å². The van der Waals surface area contributed by atoms with E-state index in [1.165, 1.54) is 0 Å².